The van der Waals surface area contributed by atoms with Crippen LogP contribution in [0.4, 0.5) is 5.00 Å². The molecular formula is C12H12N4OS2. The summed E-state index contributed by atoms with van der Waals surface area (Å²) < 4.78 is 5.29. The van der Waals surface area contributed by atoms with E-state index < -0.39 is 0 Å². The van der Waals surface area contributed by atoms with Crippen LogP contribution in [0.3, 0.4) is 0 Å². The number of thiazole rings is 1. The minimum Gasteiger partial charge on any atom is -0.391 e. The summed E-state index contributed by atoms with van der Waals surface area (Å²) >= 11 is 3.07. The Morgan fingerprint density at radius 2 is 2.16 bits per heavy atom. The number of nitrogens with two attached hydrogens (primary N) is 1. The lowest BCUT2D eigenvalue weighted by Gasteiger charge is -1.89. The number of rotatable bonds is 3. The average molecular weight is 292 g/mol. The third-order valence-corrected chi connectivity index (χ3v) is 4.60. The van der Waals surface area contributed by atoms with Gasteiger partial charge in [0.15, 0.2) is 5.82 Å². The fourth-order valence-corrected chi connectivity index (χ4v) is 3.39. The van der Waals surface area contributed by atoms with Crippen molar-refractivity contribution < 1.29 is 4.52 Å². The van der Waals surface area contributed by atoms with E-state index in [9.17, 15) is 0 Å². The van der Waals surface area contributed by atoms with Gasteiger partial charge in [-0.1, -0.05) is 5.16 Å². The highest BCUT2D eigenvalue weighted by Gasteiger charge is 2.15. The third-order valence-electron chi connectivity index (χ3n) is 2.58. The van der Waals surface area contributed by atoms with Crippen LogP contribution in [0.25, 0.3) is 10.8 Å². The number of hydrogen-bond acceptors (Lipinski definition) is 7. The molecule has 98 valence electrons. The zero-order valence-corrected chi connectivity index (χ0v) is 12.1. The summed E-state index contributed by atoms with van der Waals surface area (Å²) in [4.78, 5) is 9.73. The van der Waals surface area contributed by atoms with Gasteiger partial charge in [-0.25, -0.2) is 4.98 Å². The highest BCUT2D eigenvalue weighted by Crippen LogP contribution is 2.32. The first kappa shape index (κ1) is 12.3. The lowest BCUT2D eigenvalue weighted by Crippen LogP contribution is -1.90. The fourth-order valence-electron chi connectivity index (χ4n) is 1.76. The van der Waals surface area contributed by atoms with E-state index >= 15 is 0 Å². The van der Waals surface area contributed by atoms with Crippen molar-refractivity contribution in [3.8, 4) is 10.8 Å². The summed E-state index contributed by atoms with van der Waals surface area (Å²) in [6.07, 6.45) is 0.599. The molecule has 3 heterocycles. The van der Waals surface area contributed by atoms with Crippen LogP contribution in [0.1, 0.15) is 22.1 Å². The Labute approximate surface area is 118 Å². The average Bonchev–Trinajstić information content (AvgIpc) is 3.02. The quantitative estimate of drug-likeness (QED) is 0.802. The van der Waals surface area contributed by atoms with E-state index in [2.05, 4.69) is 15.1 Å². The SMILES string of the molecule is Cc1csc(Cc2noc(-c3sc(N)cc3C)n2)n1. The predicted octanol–water partition coefficient (Wildman–Crippen LogP) is 3.04. The van der Waals surface area contributed by atoms with Gasteiger partial charge in [0.05, 0.1) is 16.3 Å². The van der Waals surface area contributed by atoms with E-state index in [0.717, 1.165) is 26.1 Å². The van der Waals surface area contributed by atoms with Gasteiger partial charge in [0.25, 0.3) is 5.89 Å². The van der Waals surface area contributed by atoms with Crippen molar-refractivity contribution in [2.24, 2.45) is 0 Å². The molecule has 0 saturated heterocycles. The Balaban J connectivity index is 1.85. The Hall–Kier alpha value is -1.73. The van der Waals surface area contributed by atoms with Gasteiger partial charge in [0.2, 0.25) is 0 Å². The maximum absolute atomic E-state index is 5.77. The van der Waals surface area contributed by atoms with Gasteiger partial charge in [-0.2, -0.15) is 4.98 Å². The molecule has 0 radical (unpaired) electrons. The molecule has 0 aliphatic heterocycles. The molecule has 5 nitrogen and oxygen atoms in total. The zero-order valence-electron chi connectivity index (χ0n) is 10.5. The molecule has 0 unspecified atom stereocenters. The van der Waals surface area contributed by atoms with Crippen LogP contribution in [0.5, 0.6) is 0 Å². The highest BCUT2D eigenvalue weighted by molar-refractivity contribution is 7.19. The Morgan fingerprint density at radius 3 is 2.79 bits per heavy atom. The Morgan fingerprint density at radius 1 is 1.32 bits per heavy atom. The fraction of sp³-hybridized carbons (Fsp3) is 0.250. The van der Waals surface area contributed by atoms with Crippen molar-refractivity contribution in [1.82, 2.24) is 15.1 Å². The number of thiophene rings is 1. The molecule has 0 saturated carbocycles. The molecular weight excluding hydrogens is 280 g/mol. The normalized spacial score (nSPS) is 11.1. The highest BCUT2D eigenvalue weighted by atomic mass is 32.1. The number of nitrogens with zero attached hydrogens (tertiary/aromatic N) is 3. The second-order valence-corrected chi connectivity index (χ2v) is 6.26. The van der Waals surface area contributed by atoms with E-state index in [4.69, 9.17) is 10.3 Å². The Bertz CT molecular complexity index is 713. The molecule has 0 atom stereocenters. The van der Waals surface area contributed by atoms with Crippen LogP contribution in [0, 0.1) is 13.8 Å². The Kier molecular flexibility index (Phi) is 3.08. The topological polar surface area (TPSA) is 77.8 Å². The van der Waals surface area contributed by atoms with Gasteiger partial charge in [-0.05, 0) is 25.5 Å². The van der Waals surface area contributed by atoms with Crippen LogP contribution in [0.2, 0.25) is 0 Å². The monoisotopic (exact) mass is 292 g/mol. The number of anilines is 1. The second kappa shape index (κ2) is 4.75. The lowest BCUT2D eigenvalue weighted by molar-refractivity contribution is 0.424. The predicted molar refractivity (Wildman–Crippen MR) is 76.4 cm³/mol. The van der Waals surface area contributed by atoms with Gasteiger partial charge in [-0.3, -0.25) is 0 Å². The van der Waals surface area contributed by atoms with Crippen molar-refractivity contribution in [1.29, 1.82) is 0 Å². The number of aryl methyl sites for hydroxylation is 2. The van der Waals surface area contributed by atoms with E-state index in [-0.39, 0.29) is 0 Å². The molecule has 0 amide bonds. The van der Waals surface area contributed by atoms with Crippen LogP contribution >= 0.6 is 22.7 Å². The zero-order chi connectivity index (χ0) is 13.4. The van der Waals surface area contributed by atoms with Gasteiger partial charge >= 0.3 is 0 Å². The maximum Gasteiger partial charge on any atom is 0.268 e. The summed E-state index contributed by atoms with van der Waals surface area (Å²) in [6.45, 7) is 3.95. The van der Waals surface area contributed by atoms with Crippen LogP contribution in [0.15, 0.2) is 16.0 Å². The summed E-state index contributed by atoms with van der Waals surface area (Å²) in [5.41, 5.74) is 7.85. The molecule has 19 heavy (non-hydrogen) atoms. The number of nitrogen functional groups attached to an aromatic ring is 1. The molecule has 3 rings (SSSR count). The van der Waals surface area contributed by atoms with Crippen LogP contribution in [-0.4, -0.2) is 15.1 Å². The smallest absolute Gasteiger partial charge is 0.268 e. The third kappa shape index (κ3) is 2.52. The van der Waals surface area contributed by atoms with Crippen molar-refractivity contribution in [2.45, 2.75) is 20.3 Å². The number of hydrogen-bond donors (Lipinski definition) is 1. The second-order valence-electron chi connectivity index (χ2n) is 4.24. The van der Waals surface area contributed by atoms with Crippen molar-refractivity contribution in [3.63, 3.8) is 0 Å². The van der Waals surface area contributed by atoms with Gasteiger partial charge in [-0.15, -0.1) is 22.7 Å². The largest absolute Gasteiger partial charge is 0.391 e. The van der Waals surface area contributed by atoms with Crippen molar-refractivity contribution in [3.05, 3.63) is 33.5 Å². The summed E-state index contributed by atoms with van der Waals surface area (Å²) in [7, 11) is 0. The molecule has 0 spiro atoms. The number of aromatic nitrogens is 3. The van der Waals surface area contributed by atoms with Gasteiger partial charge < -0.3 is 10.3 Å². The maximum atomic E-state index is 5.77. The standard InChI is InChI=1S/C12H12N4OS2/c1-6-3-8(13)19-11(6)12-15-9(16-17-12)4-10-14-7(2)5-18-10/h3,5H,4,13H2,1-2H3. The van der Waals surface area contributed by atoms with E-state index in [1.807, 2.05) is 25.3 Å². The molecule has 0 aromatic carbocycles. The van der Waals surface area contributed by atoms with Crippen molar-refractivity contribution in [2.75, 3.05) is 5.73 Å². The minimum atomic E-state index is 0.530. The molecule has 0 aliphatic carbocycles. The summed E-state index contributed by atoms with van der Waals surface area (Å²) in [6, 6.07) is 1.91. The molecule has 7 heteroatoms. The van der Waals surface area contributed by atoms with E-state index in [1.54, 1.807) is 11.3 Å². The van der Waals surface area contributed by atoms with Gasteiger partial charge in [0, 0.05) is 11.1 Å². The van der Waals surface area contributed by atoms with Crippen molar-refractivity contribution >= 4 is 27.7 Å². The van der Waals surface area contributed by atoms with Crippen LogP contribution in [-0.2, 0) is 6.42 Å². The van der Waals surface area contributed by atoms with E-state index in [0.29, 0.717) is 18.1 Å². The van der Waals surface area contributed by atoms with Crippen LogP contribution < -0.4 is 5.73 Å². The molecule has 3 aromatic rings. The first-order valence-corrected chi connectivity index (χ1v) is 7.41. The summed E-state index contributed by atoms with van der Waals surface area (Å²) in [5, 5.41) is 7.75. The lowest BCUT2D eigenvalue weighted by atomic mass is 10.3. The molecule has 2 N–H and O–H groups in total. The van der Waals surface area contributed by atoms with E-state index in [1.165, 1.54) is 11.3 Å². The molecule has 0 bridgehead atoms. The first-order valence-electron chi connectivity index (χ1n) is 5.71. The first-order chi connectivity index (χ1) is 9.11. The molecule has 0 aliphatic rings. The summed E-state index contributed by atoms with van der Waals surface area (Å²) in [5.74, 6) is 1.18. The molecule has 0 fully saturated rings. The van der Waals surface area contributed by atoms with Gasteiger partial charge in [0.1, 0.15) is 5.01 Å². The minimum absolute atomic E-state index is 0.530. The molecule has 3 aromatic heterocycles.